The van der Waals surface area contributed by atoms with Crippen LogP contribution in [0.1, 0.15) is 30.3 Å². The summed E-state index contributed by atoms with van der Waals surface area (Å²) >= 11 is 0. The van der Waals surface area contributed by atoms with Crippen molar-refractivity contribution < 1.29 is 14.3 Å². The quantitative estimate of drug-likeness (QED) is 0.535. The number of hydrogen-bond donors (Lipinski definition) is 2. The molecular weight excluding hydrogens is 236 g/mol. The number of ether oxygens (including phenoxy) is 1. The lowest BCUT2D eigenvalue weighted by atomic mass is 10.3. The number of rotatable bonds is 7. The maximum absolute atomic E-state index is 11.1. The van der Waals surface area contributed by atoms with Crippen LogP contribution in [0.5, 0.6) is 0 Å². The minimum absolute atomic E-state index is 0.0913. The maximum atomic E-state index is 11.1. The zero-order chi connectivity index (χ0) is 13.4. The molecule has 7 nitrogen and oxygen atoms in total. The minimum Gasteiger partial charge on any atom is -0.466 e. The molecule has 18 heavy (non-hydrogen) atoms. The van der Waals surface area contributed by atoms with E-state index in [1.54, 1.807) is 6.92 Å². The predicted molar refractivity (Wildman–Crippen MR) is 64.9 cm³/mol. The molecule has 1 rings (SSSR count). The van der Waals surface area contributed by atoms with Crippen LogP contribution in [-0.2, 0) is 9.53 Å². The monoisotopic (exact) mass is 252 g/mol. The molecule has 0 unspecified atom stereocenters. The number of nitrogens with one attached hydrogen (secondary N) is 1. The summed E-state index contributed by atoms with van der Waals surface area (Å²) in [5.41, 5.74) is 5.24. The first-order chi connectivity index (χ1) is 8.65. The van der Waals surface area contributed by atoms with E-state index in [4.69, 9.17) is 10.5 Å². The molecule has 0 saturated carbocycles. The van der Waals surface area contributed by atoms with Crippen molar-refractivity contribution in [2.75, 3.05) is 18.5 Å². The summed E-state index contributed by atoms with van der Waals surface area (Å²) in [4.78, 5) is 29.9. The van der Waals surface area contributed by atoms with Gasteiger partial charge in [0.1, 0.15) is 0 Å². The highest BCUT2D eigenvalue weighted by molar-refractivity contribution is 5.95. The van der Waals surface area contributed by atoms with Crippen LogP contribution in [0, 0.1) is 0 Å². The topological polar surface area (TPSA) is 107 Å². The lowest BCUT2D eigenvalue weighted by molar-refractivity contribution is -0.143. The van der Waals surface area contributed by atoms with Gasteiger partial charge in [0.2, 0.25) is 0 Å². The van der Waals surface area contributed by atoms with Gasteiger partial charge in [0, 0.05) is 25.4 Å². The average Bonchev–Trinajstić information content (AvgIpc) is 2.35. The second kappa shape index (κ2) is 7.21. The van der Waals surface area contributed by atoms with Gasteiger partial charge in [0.05, 0.1) is 6.61 Å². The number of esters is 1. The van der Waals surface area contributed by atoms with Crippen molar-refractivity contribution in [2.24, 2.45) is 5.73 Å². The molecule has 0 aromatic carbocycles. The lowest BCUT2D eigenvalue weighted by Crippen LogP contribution is -2.18. The molecule has 0 fully saturated rings. The van der Waals surface area contributed by atoms with Crippen molar-refractivity contribution in [1.82, 2.24) is 9.97 Å². The number of anilines is 1. The van der Waals surface area contributed by atoms with Gasteiger partial charge >= 0.3 is 5.97 Å². The second-order valence-electron chi connectivity index (χ2n) is 3.45. The molecule has 1 amide bonds. The molecule has 98 valence electrons. The third-order valence-electron chi connectivity index (χ3n) is 2.09. The fourth-order valence-corrected chi connectivity index (χ4v) is 1.32. The lowest BCUT2D eigenvalue weighted by Gasteiger charge is -2.07. The van der Waals surface area contributed by atoms with Gasteiger partial charge in [0.25, 0.3) is 5.91 Å². The summed E-state index contributed by atoms with van der Waals surface area (Å²) in [6.07, 6.45) is 3.74. The first-order valence-corrected chi connectivity index (χ1v) is 5.65. The molecule has 3 N–H and O–H groups in total. The van der Waals surface area contributed by atoms with Gasteiger partial charge in [-0.2, -0.15) is 0 Å². The van der Waals surface area contributed by atoms with Crippen LogP contribution < -0.4 is 11.1 Å². The number of aromatic nitrogens is 2. The Balaban J connectivity index is 2.40. The first-order valence-electron chi connectivity index (χ1n) is 5.65. The summed E-state index contributed by atoms with van der Waals surface area (Å²) in [6, 6.07) is 0. The molecule has 0 radical (unpaired) electrons. The van der Waals surface area contributed by atoms with Crippen LogP contribution in [0.25, 0.3) is 0 Å². The van der Waals surface area contributed by atoms with Crippen LogP contribution in [0.3, 0.4) is 0 Å². The van der Waals surface area contributed by atoms with E-state index in [0.29, 0.717) is 31.8 Å². The fraction of sp³-hybridized carbons (Fsp3) is 0.455. The van der Waals surface area contributed by atoms with Crippen molar-refractivity contribution in [3.8, 4) is 0 Å². The van der Waals surface area contributed by atoms with Crippen LogP contribution in [0.4, 0.5) is 5.82 Å². The highest BCUT2D eigenvalue weighted by Gasteiger charge is 2.10. The number of carbonyl (C=O) groups excluding carboxylic acids is 2. The predicted octanol–water partition coefficient (Wildman–Crippen LogP) is 0.331. The Bertz CT molecular complexity index is 423. The Kier molecular flexibility index (Phi) is 5.56. The van der Waals surface area contributed by atoms with Crippen molar-refractivity contribution in [3.63, 3.8) is 0 Å². The van der Waals surface area contributed by atoms with Gasteiger partial charge in [-0.1, -0.05) is 0 Å². The third-order valence-corrected chi connectivity index (χ3v) is 2.09. The molecule has 0 atom stereocenters. The number of amides is 1. The maximum Gasteiger partial charge on any atom is 0.305 e. The van der Waals surface area contributed by atoms with Gasteiger partial charge in [-0.25, -0.2) is 9.97 Å². The Labute approximate surface area is 105 Å². The molecule has 0 aliphatic heterocycles. The van der Waals surface area contributed by atoms with E-state index in [1.165, 1.54) is 12.4 Å². The number of primary amides is 1. The highest BCUT2D eigenvalue weighted by Crippen LogP contribution is 2.07. The number of hydrogen-bond acceptors (Lipinski definition) is 6. The molecular formula is C11H16N4O3. The molecule has 1 aromatic rings. The molecule has 1 heterocycles. The minimum atomic E-state index is -0.643. The van der Waals surface area contributed by atoms with Gasteiger partial charge in [0.15, 0.2) is 11.5 Å². The largest absolute Gasteiger partial charge is 0.466 e. The van der Waals surface area contributed by atoms with Gasteiger partial charge < -0.3 is 15.8 Å². The van der Waals surface area contributed by atoms with E-state index >= 15 is 0 Å². The van der Waals surface area contributed by atoms with E-state index in [2.05, 4.69) is 15.3 Å². The Morgan fingerprint density at radius 2 is 2.11 bits per heavy atom. The zero-order valence-electron chi connectivity index (χ0n) is 10.2. The summed E-state index contributed by atoms with van der Waals surface area (Å²) in [6.45, 7) is 2.62. The highest BCUT2D eigenvalue weighted by atomic mass is 16.5. The summed E-state index contributed by atoms with van der Waals surface area (Å²) < 4.78 is 4.79. The Morgan fingerprint density at radius 1 is 1.39 bits per heavy atom. The zero-order valence-corrected chi connectivity index (χ0v) is 10.2. The second-order valence-corrected chi connectivity index (χ2v) is 3.45. The fourth-order valence-electron chi connectivity index (χ4n) is 1.32. The Morgan fingerprint density at radius 3 is 2.78 bits per heavy atom. The SMILES string of the molecule is CCOC(=O)CCCNc1nccnc1C(N)=O. The van der Waals surface area contributed by atoms with Crippen molar-refractivity contribution in [3.05, 3.63) is 18.1 Å². The van der Waals surface area contributed by atoms with Crippen LogP contribution in [-0.4, -0.2) is 35.0 Å². The number of nitrogens with zero attached hydrogens (tertiary/aromatic N) is 2. The number of carbonyl (C=O) groups is 2. The average molecular weight is 252 g/mol. The van der Waals surface area contributed by atoms with Crippen molar-refractivity contribution in [1.29, 1.82) is 0 Å². The van der Waals surface area contributed by atoms with E-state index in [1.807, 2.05) is 0 Å². The molecule has 0 spiro atoms. The van der Waals surface area contributed by atoms with Gasteiger partial charge in [-0.3, -0.25) is 9.59 Å². The molecule has 0 aliphatic carbocycles. The standard InChI is InChI=1S/C11H16N4O3/c1-2-18-8(16)4-3-5-14-11-9(10(12)17)13-6-7-15-11/h6-7H,2-5H2,1H3,(H2,12,17)(H,14,15). The normalized spacial score (nSPS) is 9.83. The van der Waals surface area contributed by atoms with E-state index < -0.39 is 5.91 Å². The molecule has 7 heteroatoms. The summed E-state index contributed by atoms with van der Waals surface area (Å²) in [7, 11) is 0. The molecule has 0 saturated heterocycles. The van der Waals surface area contributed by atoms with E-state index in [9.17, 15) is 9.59 Å². The molecule has 0 bridgehead atoms. The summed E-state index contributed by atoms with van der Waals surface area (Å²) in [5, 5.41) is 2.91. The van der Waals surface area contributed by atoms with Crippen LogP contribution >= 0.6 is 0 Å². The van der Waals surface area contributed by atoms with E-state index in [-0.39, 0.29) is 11.7 Å². The van der Waals surface area contributed by atoms with Crippen molar-refractivity contribution in [2.45, 2.75) is 19.8 Å². The molecule has 0 aliphatic rings. The Hall–Kier alpha value is -2.18. The molecule has 1 aromatic heterocycles. The summed E-state index contributed by atoms with van der Waals surface area (Å²) in [5.74, 6) is -0.557. The van der Waals surface area contributed by atoms with Gasteiger partial charge in [-0.05, 0) is 13.3 Å². The first kappa shape index (κ1) is 13.9. The van der Waals surface area contributed by atoms with E-state index in [0.717, 1.165) is 0 Å². The van der Waals surface area contributed by atoms with Crippen LogP contribution in [0.2, 0.25) is 0 Å². The van der Waals surface area contributed by atoms with Crippen molar-refractivity contribution >= 4 is 17.7 Å². The third kappa shape index (κ3) is 4.36. The smallest absolute Gasteiger partial charge is 0.305 e. The van der Waals surface area contributed by atoms with Gasteiger partial charge in [-0.15, -0.1) is 0 Å². The van der Waals surface area contributed by atoms with Crippen LogP contribution in [0.15, 0.2) is 12.4 Å². The number of nitrogens with two attached hydrogens (primary N) is 1.